The molecule has 0 saturated heterocycles. The van der Waals surface area contributed by atoms with Gasteiger partial charge in [0.25, 0.3) is 0 Å². The molecule has 0 atom stereocenters. The first-order valence-corrected chi connectivity index (χ1v) is 3.64. The molecule has 0 aromatic carbocycles. The summed E-state index contributed by atoms with van der Waals surface area (Å²) in [4.78, 5) is 1.01. The molecule has 0 radical (unpaired) electrons. The van der Waals surface area contributed by atoms with E-state index in [0.29, 0.717) is 0 Å². The van der Waals surface area contributed by atoms with Crippen LogP contribution in [0, 0.1) is 0 Å². The fourth-order valence-electron chi connectivity index (χ4n) is 0.0661. The van der Waals surface area contributed by atoms with Crippen LogP contribution in [0.2, 0.25) is 0 Å². The van der Waals surface area contributed by atoms with E-state index in [4.69, 9.17) is 0 Å². The van der Waals surface area contributed by atoms with E-state index in [0.717, 1.165) is 10.6 Å². The van der Waals surface area contributed by atoms with Crippen LogP contribution in [0.3, 0.4) is 0 Å². The van der Waals surface area contributed by atoms with Crippen LogP contribution in [0.5, 0.6) is 0 Å². The van der Waals surface area contributed by atoms with Gasteiger partial charge in [0.2, 0.25) is 0 Å². The van der Waals surface area contributed by atoms with Crippen molar-refractivity contribution in [3.05, 3.63) is 10.6 Å². The molecule has 0 aliphatic rings. The molecule has 0 aromatic heterocycles. The molecule has 0 amide bonds. The van der Waals surface area contributed by atoms with Crippen molar-refractivity contribution >= 4 is 12.6 Å². The molecule has 0 spiro atoms. The first-order chi connectivity index (χ1) is 3.18. The summed E-state index contributed by atoms with van der Waals surface area (Å²) in [5.41, 5.74) is 1.04. The Morgan fingerprint density at radius 3 is 2.00 bits per heavy atom. The van der Waals surface area contributed by atoms with E-state index in [1.54, 1.807) is 0 Å². The maximum atomic E-state index is 4.07. The molecule has 0 fully saturated rings. The summed E-state index contributed by atoms with van der Waals surface area (Å²) in [6.07, 6.45) is 0. The quantitative estimate of drug-likeness (QED) is 0.706. The third kappa shape index (κ3) is 3.19. The molecular formula is C4H7NSW. The standard InChI is InChI=1S/C4H7NS.W/c1-3(5)4(2)6;/h6H,1-2H3;. The summed E-state index contributed by atoms with van der Waals surface area (Å²) < 4.78 is 3.97. The van der Waals surface area contributed by atoms with Crippen LogP contribution in [0.4, 0.5) is 0 Å². The molecule has 3 heteroatoms. The van der Waals surface area contributed by atoms with Gasteiger partial charge in [0.05, 0.1) is 0 Å². The van der Waals surface area contributed by atoms with Gasteiger partial charge in [0.15, 0.2) is 0 Å². The first kappa shape index (κ1) is 7.58. The number of allylic oxidation sites excluding steroid dienone is 2. The molecule has 0 heterocycles. The number of thiol groups is 1. The maximum absolute atomic E-state index is 4.07. The molecule has 1 nitrogen and oxygen atoms in total. The van der Waals surface area contributed by atoms with Gasteiger partial charge in [-0.1, -0.05) is 0 Å². The summed E-state index contributed by atoms with van der Waals surface area (Å²) in [6, 6.07) is 0. The fourth-order valence-corrected chi connectivity index (χ4v) is 0.875. The predicted molar refractivity (Wildman–Crippen MR) is 29.8 cm³/mol. The zero-order valence-corrected chi connectivity index (χ0v) is 8.13. The summed E-state index contributed by atoms with van der Waals surface area (Å²) in [5.74, 6) is 0. The van der Waals surface area contributed by atoms with Crippen LogP contribution in [0.25, 0.3) is 0 Å². The predicted octanol–water partition coefficient (Wildman–Crippen LogP) is 1.90. The van der Waals surface area contributed by atoms with Crippen molar-refractivity contribution in [1.29, 1.82) is 0 Å². The molecule has 0 aliphatic carbocycles. The van der Waals surface area contributed by atoms with Gasteiger partial charge in [0, 0.05) is 0 Å². The van der Waals surface area contributed by atoms with E-state index in [2.05, 4.69) is 16.1 Å². The Hall–Kier alpha value is 0.578. The van der Waals surface area contributed by atoms with Crippen molar-refractivity contribution < 1.29 is 19.6 Å². The molecule has 7 heavy (non-hydrogen) atoms. The normalized spacial score (nSPS) is 13.0. The van der Waals surface area contributed by atoms with Crippen molar-refractivity contribution in [1.82, 2.24) is 0 Å². The van der Waals surface area contributed by atoms with Gasteiger partial charge in [-0.2, -0.15) is 0 Å². The SMILES string of the molecule is CC(S)=C(C)[N]=[W]. The molecule has 0 aromatic rings. The van der Waals surface area contributed by atoms with E-state index in [-0.39, 0.29) is 0 Å². The van der Waals surface area contributed by atoms with Crippen molar-refractivity contribution in [3.8, 4) is 0 Å². The molecular weight excluding hydrogens is 278 g/mol. The average Bonchev–Trinajstić information content (AvgIpc) is 1.65. The zero-order chi connectivity index (χ0) is 5.86. The number of hydrogen-bond acceptors (Lipinski definition) is 2. The van der Waals surface area contributed by atoms with Crippen molar-refractivity contribution in [2.75, 3.05) is 0 Å². The summed E-state index contributed by atoms with van der Waals surface area (Å²) >= 11 is 5.31. The van der Waals surface area contributed by atoms with Crippen LogP contribution >= 0.6 is 12.6 Å². The Balaban J connectivity index is 3.98. The molecule has 0 aliphatic heterocycles. The third-order valence-electron chi connectivity index (χ3n) is 0.661. The molecule has 0 unspecified atom stereocenters. The van der Waals surface area contributed by atoms with E-state index in [1.165, 1.54) is 19.6 Å². The van der Waals surface area contributed by atoms with E-state index in [9.17, 15) is 0 Å². The van der Waals surface area contributed by atoms with Gasteiger partial charge in [-0.05, 0) is 0 Å². The van der Waals surface area contributed by atoms with Gasteiger partial charge in [-0.25, -0.2) is 0 Å². The summed E-state index contributed by atoms with van der Waals surface area (Å²) in [7, 11) is 0. The number of nitrogens with zero attached hydrogens (tertiary/aromatic N) is 1. The van der Waals surface area contributed by atoms with E-state index in [1.807, 2.05) is 13.8 Å². The topological polar surface area (TPSA) is 12.4 Å². The summed E-state index contributed by atoms with van der Waals surface area (Å²) in [6.45, 7) is 3.89. The Kier molecular flexibility index (Phi) is 3.86. The minimum atomic E-state index is 1.01. The number of rotatable bonds is 1. The Morgan fingerprint density at radius 1 is 1.57 bits per heavy atom. The van der Waals surface area contributed by atoms with Gasteiger partial charge >= 0.3 is 60.2 Å². The van der Waals surface area contributed by atoms with Crippen molar-refractivity contribution in [2.45, 2.75) is 13.8 Å². The van der Waals surface area contributed by atoms with Gasteiger partial charge < -0.3 is 0 Å². The van der Waals surface area contributed by atoms with E-state index < -0.39 is 0 Å². The second-order valence-electron chi connectivity index (χ2n) is 1.26. The molecule has 40 valence electrons. The van der Waals surface area contributed by atoms with E-state index >= 15 is 0 Å². The monoisotopic (exact) mass is 285 g/mol. The zero-order valence-electron chi connectivity index (χ0n) is 4.30. The molecule has 0 N–H and O–H groups in total. The molecule has 0 bridgehead atoms. The van der Waals surface area contributed by atoms with Crippen molar-refractivity contribution in [2.24, 2.45) is 3.50 Å². The Morgan fingerprint density at radius 2 is 2.00 bits per heavy atom. The molecule has 0 rings (SSSR count). The van der Waals surface area contributed by atoms with Crippen LogP contribution in [0.1, 0.15) is 13.8 Å². The third-order valence-corrected chi connectivity index (χ3v) is 1.97. The fraction of sp³-hybridized carbons (Fsp3) is 0.500. The van der Waals surface area contributed by atoms with Crippen LogP contribution in [0.15, 0.2) is 14.1 Å². The second kappa shape index (κ2) is 3.56. The average molecular weight is 285 g/mol. The van der Waals surface area contributed by atoms with Crippen LogP contribution in [-0.4, -0.2) is 0 Å². The summed E-state index contributed by atoms with van der Waals surface area (Å²) in [5, 5.41) is 0. The van der Waals surface area contributed by atoms with Crippen LogP contribution in [-0.2, 0) is 19.6 Å². The Labute approximate surface area is 60.4 Å². The first-order valence-electron chi connectivity index (χ1n) is 1.88. The van der Waals surface area contributed by atoms with Gasteiger partial charge in [-0.15, -0.1) is 0 Å². The molecule has 0 saturated carbocycles. The van der Waals surface area contributed by atoms with Crippen molar-refractivity contribution in [3.63, 3.8) is 0 Å². The number of hydrogen-bond donors (Lipinski definition) is 1. The van der Waals surface area contributed by atoms with Gasteiger partial charge in [-0.3, -0.25) is 0 Å². The Bertz CT molecular complexity index is 104. The second-order valence-corrected chi connectivity index (χ2v) is 2.59. The van der Waals surface area contributed by atoms with Crippen LogP contribution < -0.4 is 0 Å². The minimum absolute atomic E-state index is 1.01. The van der Waals surface area contributed by atoms with Gasteiger partial charge in [0.1, 0.15) is 0 Å².